The quantitative estimate of drug-likeness (QED) is 0.609. The molecule has 1 aliphatic heterocycles. The molecule has 2 amide bonds. The van der Waals surface area contributed by atoms with Crippen molar-refractivity contribution in [2.45, 2.75) is 13.0 Å². The van der Waals surface area contributed by atoms with E-state index in [0.717, 1.165) is 0 Å². The number of nitrogens with zero attached hydrogens (tertiary/aromatic N) is 1. The van der Waals surface area contributed by atoms with Gasteiger partial charge in [0, 0.05) is 15.9 Å². The minimum Gasteiger partial charge on any atom is -0.478 e. The second-order valence-electron chi connectivity index (χ2n) is 5.73. The molecule has 10 heteroatoms. The number of nitrogens with one attached hydrogen (secondary N) is 2. The Labute approximate surface area is 166 Å². The van der Waals surface area contributed by atoms with Gasteiger partial charge in [-0.2, -0.15) is 0 Å². The number of aryl methyl sites for hydroxylation is 1. The number of β-lactam (4-membered cyclic amide) rings is 1. The third-order valence-corrected chi connectivity index (χ3v) is 5.36. The van der Waals surface area contributed by atoms with E-state index < -0.39 is 17.9 Å². The summed E-state index contributed by atoms with van der Waals surface area (Å²) >= 11 is 15.2. The van der Waals surface area contributed by atoms with E-state index in [4.69, 9.17) is 28.3 Å². The molecule has 3 N–H and O–H groups in total. The van der Waals surface area contributed by atoms with Crippen molar-refractivity contribution < 1.29 is 19.5 Å². The van der Waals surface area contributed by atoms with Gasteiger partial charge in [-0.1, -0.05) is 39.1 Å². The molecule has 26 heavy (non-hydrogen) atoms. The number of carboxylic acids is 1. The van der Waals surface area contributed by atoms with E-state index >= 15 is 0 Å². The third kappa shape index (κ3) is 3.32. The lowest BCUT2D eigenvalue weighted by atomic mass is 10.0. The number of aromatic nitrogens is 1. The molecule has 0 radical (unpaired) electrons. The Morgan fingerprint density at radius 2 is 2.00 bits per heavy atom. The smallest absolute Gasteiger partial charge is 0.335 e. The number of carbonyl (C=O) groups excluding carboxylic acids is 2. The molecule has 1 aromatic heterocycles. The molecule has 1 saturated heterocycles. The minimum atomic E-state index is -1.10. The van der Waals surface area contributed by atoms with Gasteiger partial charge in [-0.15, -0.1) is 0 Å². The van der Waals surface area contributed by atoms with Crippen LogP contribution in [0.5, 0.6) is 0 Å². The van der Waals surface area contributed by atoms with Gasteiger partial charge in [-0.25, -0.2) is 4.79 Å². The lowest BCUT2D eigenvalue weighted by Crippen LogP contribution is -2.64. The number of benzene rings is 1. The molecule has 1 aromatic carbocycles. The van der Waals surface area contributed by atoms with Crippen LogP contribution in [0.25, 0.3) is 0 Å². The van der Waals surface area contributed by atoms with Crippen LogP contribution in [0.1, 0.15) is 26.5 Å². The largest absolute Gasteiger partial charge is 0.478 e. The highest BCUT2D eigenvalue weighted by molar-refractivity contribution is 9.10. The molecule has 1 unspecified atom stereocenters. The molecule has 1 fully saturated rings. The molecule has 1 atom stereocenters. The van der Waals surface area contributed by atoms with Gasteiger partial charge in [-0.3, -0.25) is 9.59 Å². The van der Waals surface area contributed by atoms with Crippen molar-refractivity contribution in [2.75, 3.05) is 11.4 Å². The van der Waals surface area contributed by atoms with E-state index in [2.05, 4.69) is 26.2 Å². The van der Waals surface area contributed by atoms with Crippen LogP contribution in [-0.2, 0) is 4.79 Å². The Morgan fingerprint density at radius 1 is 1.31 bits per heavy atom. The molecule has 136 valence electrons. The highest BCUT2D eigenvalue weighted by Crippen LogP contribution is 2.30. The van der Waals surface area contributed by atoms with Gasteiger partial charge in [0.1, 0.15) is 11.7 Å². The average molecular weight is 461 g/mol. The first-order valence-electron chi connectivity index (χ1n) is 7.38. The third-order valence-electron chi connectivity index (χ3n) is 3.96. The van der Waals surface area contributed by atoms with Crippen molar-refractivity contribution >= 4 is 62.6 Å². The van der Waals surface area contributed by atoms with Gasteiger partial charge < -0.3 is 20.3 Å². The Bertz CT molecular complexity index is 944. The zero-order chi connectivity index (χ0) is 19.2. The maximum Gasteiger partial charge on any atom is 0.335 e. The van der Waals surface area contributed by atoms with Crippen molar-refractivity contribution in [1.82, 2.24) is 10.3 Å². The molecule has 2 heterocycles. The summed E-state index contributed by atoms with van der Waals surface area (Å²) in [4.78, 5) is 39.9. The molecule has 3 rings (SSSR count). The van der Waals surface area contributed by atoms with Crippen molar-refractivity contribution in [3.05, 3.63) is 49.7 Å². The number of carboxylic acid groups (broad SMARTS) is 1. The number of amides is 2. The van der Waals surface area contributed by atoms with Crippen LogP contribution in [0.4, 0.5) is 5.69 Å². The second kappa shape index (κ2) is 6.94. The number of halogens is 3. The normalized spacial score (nSPS) is 16.4. The molecule has 0 aliphatic carbocycles. The summed E-state index contributed by atoms with van der Waals surface area (Å²) in [5, 5.41) is 12.1. The summed E-state index contributed by atoms with van der Waals surface area (Å²) in [6.07, 6.45) is 0. The van der Waals surface area contributed by atoms with Crippen LogP contribution in [0.15, 0.2) is 22.7 Å². The lowest BCUT2D eigenvalue weighted by molar-refractivity contribution is -0.124. The summed E-state index contributed by atoms with van der Waals surface area (Å²) in [5.41, 5.74) is 1.14. The molecule has 0 spiro atoms. The molecule has 0 bridgehead atoms. The van der Waals surface area contributed by atoms with Gasteiger partial charge in [0.25, 0.3) is 11.8 Å². The van der Waals surface area contributed by atoms with E-state index in [1.54, 1.807) is 13.0 Å². The second-order valence-corrected chi connectivity index (χ2v) is 7.40. The molecule has 0 saturated carbocycles. The predicted octanol–water partition coefficient (Wildman–Crippen LogP) is 3.24. The van der Waals surface area contributed by atoms with E-state index in [1.165, 1.54) is 17.0 Å². The van der Waals surface area contributed by atoms with E-state index in [-0.39, 0.29) is 33.8 Å². The van der Waals surface area contributed by atoms with Crippen molar-refractivity contribution in [1.29, 1.82) is 0 Å². The van der Waals surface area contributed by atoms with Crippen LogP contribution >= 0.6 is 39.1 Å². The van der Waals surface area contributed by atoms with Gasteiger partial charge in [0.05, 0.1) is 22.2 Å². The van der Waals surface area contributed by atoms with E-state index in [9.17, 15) is 14.4 Å². The summed E-state index contributed by atoms with van der Waals surface area (Å²) in [6, 6.07) is 3.74. The first-order valence-corrected chi connectivity index (χ1v) is 8.93. The zero-order valence-electron chi connectivity index (χ0n) is 13.3. The fourth-order valence-corrected chi connectivity index (χ4v) is 3.48. The number of hydrogen-bond acceptors (Lipinski definition) is 3. The standard InChI is InChI=1S/C16H12BrCl2N3O4/c1-6-11(18)12(19)13(20-6)14(23)21-10-5-22(15(10)24)9-3-7(16(25)26)2-8(17)4-9/h2-4,10,20H,5H2,1H3,(H,21,23)(H,25,26). The number of anilines is 1. The number of aromatic amines is 1. The van der Waals surface area contributed by atoms with Crippen molar-refractivity contribution in [2.24, 2.45) is 0 Å². The van der Waals surface area contributed by atoms with Crippen LogP contribution in [0.2, 0.25) is 10.0 Å². The Hall–Kier alpha value is -2.03. The Morgan fingerprint density at radius 3 is 2.54 bits per heavy atom. The molecule has 1 aliphatic rings. The van der Waals surface area contributed by atoms with Crippen molar-refractivity contribution in [3.63, 3.8) is 0 Å². The number of H-pyrrole nitrogens is 1. The number of hydrogen-bond donors (Lipinski definition) is 3. The van der Waals surface area contributed by atoms with Crippen LogP contribution in [0.3, 0.4) is 0 Å². The highest BCUT2D eigenvalue weighted by Gasteiger charge is 2.39. The number of rotatable bonds is 4. The van der Waals surface area contributed by atoms with Gasteiger partial charge >= 0.3 is 5.97 Å². The van der Waals surface area contributed by atoms with E-state index in [1.807, 2.05) is 0 Å². The number of aromatic carboxylic acids is 1. The first kappa shape index (κ1) is 18.8. The highest BCUT2D eigenvalue weighted by atomic mass is 79.9. The summed E-state index contributed by atoms with van der Waals surface area (Å²) in [6.45, 7) is 1.89. The SMILES string of the molecule is Cc1[nH]c(C(=O)NC2CN(c3cc(Br)cc(C(=O)O)c3)C2=O)c(Cl)c1Cl. The monoisotopic (exact) mass is 459 g/mol. The van der Waals surface area contributed by atoms with E-state index in [0.29, 0.717) is 15.9 Å². The zero-order valence-corrected chi connectivity index (χ0v) is 16.4. The van der Waals surface area contributed by atoms with Crippen LogP contribution < -0.4 is 10.2 Å². The maximum atomic E-state index is 12.4. The number of carbonyl (C=O) groups is 3. The first-order chi connectivity index (χ1) is 12.2. The Kier molecular flexibility index (Phi) is 5.01. The van der Waals surface area contributed by atoms with Crippen LogP contribution in [0, 0.1) is 6.92 Å². The van der Waals surface area contributed by atoms with Gasteiger partial charge in [0.15, 0.2) is 0 Å². The molecular formula is C16H12BrCl2N3O4. The Balaban J connectivity index is 1.72. The minimum absolute atomic E-state index is 0.0537. The molecule has 7 nitrogen and oxygen atoms in total. The maximum absolute atomic E-state index is 12.4. The average Bonchev–Trinajstić information content (AvgIpc) is 2.84. The molecule has 2 aromatic rings. The predicted molar refractivity (Wildman–Crippen MR) is 100 cm³/mol. The van der Waals surface area contributed by atoms with Gasteiger partial charge in [-0.05, 0) is 25.1 Å². The molecular weight excluding hydrogens is 449 g/mol. The van der Waals surface area contributed by atoms with Gasteiger partial charge in [0.2, 0.25) is 0 Å². The van der Waals surface area contributed by atoms with Crippen molar-refractivity contribution in [3.8, 4) is 0 Å². The van der Waals surface area contributed by atoms with Crippen LogP contribution in [-0.4, -0.2) is 40.5 Å². The summed E-state index contributed by atoms with van der Waals surface area (Å²) in [7, 11) is 0. The fraction of sp³-hybridized carbons (Fsp3) is 0.188. The summed E-state index contributed by atoms with van der Waals surface area (Å²) in [5.74, 6) is -1.99. The lowest BCUT2D eigenvalue weighted by Gasteiger charge is -2.38. The topological polar surface area (TPSA) is 102 Å². The fourth-order valence-electron chi connectivity index (χ4n) is 2.58. The summed E-state index contributed by atoms with van der Waals surface area (Å²) < 4.78 is 0.538.